The second-order valence-corrected chi connectivity index (χ2v) is 6.53. The van der Waals surface area contributed by atoms with E-state index in [-0.39, 0.29) is 16.9 Å². The normalized spacial score (nSPS) is 18.7. The highest BCUT2D eigenvalue weighted by Gasteiger charge is 2.38. The van der Waals surface area contributed by atoms with Crippen molar-refractivity contribution in [2.45, 2.75) is 51.6 Å². The van der Waals surface area contributed by atoms with Gasteiger partial charge in [0.15, 0.2) is 0 Å². The van der Waals surface area contributed by atoms with E-state index >= 15 is 0 Å². The second kappa shape index (κ2) is 6.32. The van der Waals surface area contributed by atoms with Crippen molar-refractivity contribution < 1.29 is 19.4 Å². The molecule has 1 fully saturated rings. The van der Waals surface area contributed by atoms with Gasteiger partial charge in [0.1, 0.15) is 5.82 Å². The van der Waals surface area contributed by atoms with Gasteiger partial charge in [-0.3, -0.25) is 4.79 Å². The highest BCUT2D eigenvalue weighted by molar-refractivity contribution is 6.31. The van der Waals surface area contributed by atoms with Crippen LogP contribution in [-0.2, 0) is 4.79 Å². The van der Waals surface area contributed by atoms with Gasteiger partial charge in [0, 0.05) is 5.02 Å². The van der Waals surface area contributed by atoms with E-state index in [1.54, 1.807) is 13.0 Å². The van der Waals surface area contributed by atoms with Crippen LogP contribution in [0, 0.1) is 18.2 Å². The predicted molar refractivity (Wildman–Crippen MR) is 78.9 cm³/mol. The number of halogens is 2. The molecule has 2 N–H and O–H groups in total. The zero-order chi connectivity index (χ0) is 15.6. The summed E-state index contributed by atoms with van der Waals surface area (Å²) >= 11 is 6.02. The molecule has 1 aromatic carbocycles. The summed E-state index contributed by atoms with van der Waals surface area (Å²) in [5.74, 6) is -1.25. The molecule has 0 aliphatic heterocycles. The Kier molecular flexibility index (Phi) is 4.89. The number of rotatable bonds is 5. The van der Waals surface area contributed by atoms with Gasteiger partial charge in [-0.1, -0.05) is 24.4 Å². The second-order valence-electron chi connectivity index (χ2n) is 6.12. The number of aliphatic carboxylic acids is 1. The molecule has 1 unspecified atom stereocenters. The first-order chi connectivity index (χ1) is 9.83. The molecule has 0 heterocycles. The van der Waals surface area contributed by atoms with E-state index in [0.717, 1.165) is 25.7 Å². The number of carbonyl (C=O) groups is 1. The van der Waals surface area contributed by atoms with Crippen LogP contribution in [0.1, 0.15) is 55.8 Å². The molecule has 0 saturated heterocycles. The minimum absolute atomic E-state index is 0.0574. The molecule has 1 aliphatic carbocycles. The number of aryl methyl sites for hydroxylation is 1. The van der Waals surface area contributed by atoms with E-state index in [2.05, 4.69) is 0 Å². The van der Waals surface area contributed by atoms with Crippen LogP contribution in [0.3, 0.4) is 0 Å². The van der Waals surface area contributed by atoms with Crippen LogP contribution in [0.4, 0.5) is 4.39 Å². The molecule has 0 radical (unpaired) electrons. The average molecular weight is 315 g/mol. The molecule has 2 rings (SSSR count). The van der Waals surface area contributed by atoms with Crippen LogP contribution < -0.4 is 0 Å². The Morgan fingerprint density at radius 1 is 1.43 bits per heavy atom. The van der Waals surface area contributed by atoms with Crippen molar-refractivity contribution in [2.75, 3.05) is 0 Å². The largest absolute Gasteiger partial charge is 0.481 e. The number of carboxylic acids is 1. The van der Waals surface area contributed by atoms with Gasteiger partial charge >= 0.3 is 5.97 Å². The van der Waals surface area contributed by atoms with Crippen molar-refractivity contribution in [3.8, 4) is 0 Å². The summed E-state index contributed by atoms with van der Waals surface area (Å²) in [5, 5.41) is 19.7. The Labute approximate surface area is 128 Å². The maximum atomic E-state index is 13.4. The predicted octanol–water partition coefficient (Wildman–Crippen LogP) is 4.25. The lowest BCUT2D eigenvalue weighted by molar-refractivity contribution is -0.140. The van der Waals surface area contributed by atoms with Crippen molar-refractivity contribution in [3.63, 3.8) is 0 Å². The molecule has 1 aliphatic rings. The van der Waals surface area contributed by atoms with Gasteiger partial charge in [-0.05, 0) is 54.9 Å². The minimum Gasteiger partial charge on any atom is -0.481 e. The minimum atomic E-state index is -0.866. The number of hydrogen-bond donors (Lipinski definition) is 2. The number of aliphatic hydroxyl groups is 1. The van der Waals surface area contributed by atoms with Gasteiger partial charge < -0.3 is 10.2 Å². The lowest BCUT2D eigenvalue weighted by Gasteiger charge is -2.30. The number of benzene rings is 1. The molecular formula is C16H20ClFO3. The van der Waals surface area contributed by atoms with Crippen LogP contribution in [0.15, 0.2) is 12.1 Å². The summed E-state index contributed by atoms with van der Waals surface area (Å²) < 4.78 is 13.4. The fourth-order valence-electron chi connectivity index (χ4n) is 3.35. The molecular weight excluding hydrogens is 295 g/mol. The summed E-state index contributed by atoms with van der Waals surface area (Å²) in [5.41, 5.74) is 0.524. The van der Waals surface area contributed by atoms with E-state index < -0.39 is 17.9 Å². The maximum Gasteiger partial charge on any atom is 0.303 e. The SMILES string of the molecule is Cc1cc(C(O)CC2(CC(=O)O)CCCC2)c(Cl)cc1F. The molecule has 1 saturated carbocycles. The molecule has 3 nitrogen and oxygen atoms in total. The third-order valence-electron chi connectivity index (χ3n) is 4.45. The van der Waals surface area contributed by atoms with Crippen LogP contribution in [0.2, 0.25) is 5.02 Å². The van der Waals surface area contributed by atoms with Gasteiger partial charge in [0.05, 0.1) is 12.5 Å². The summed E-state index contributed by atoms with van der Waals surface area (Å²) in [4.78, 5) is 11.1. The monoisotopic (exact) mass is 314 g/mol. The molecule has 21 heavy (non-hydrogen) atoms. The average Bonchev–Trinajstić information content (AvgIpc) is 2.80. The van der Waals surface area contributed by atoms with E-state index in [9.17, 15) is 14.3 Å². The highest BCUT2D eigenvalue weighted by atomic mass is 35.5. The Bertz CT molecular complexity index is 539. The Balaban J connectivity index is 2.21. The molecule has 0 aromatic heterocycles. The molecule has 1 atom stereocenters. The molecule has 5 heteroatoms. The van der Waals surface area contributed by atoms with Gasteiger partial charge in [0.2, 0.25) is 0 Å². The summed E-state index contributed by atoms with van der Waals surface area (Å²) in [6.45, 7) is 1.62. The number of aliphatic hydroxyl groups excluding tert-OH is 1. The van der Waals surface area contributed by atoms with Crippen LogP contribution in [0.5, 0.6) is 0 Å². The van der Waals surface area contributed by atoms with Crippen LogP contribution >= 0.6 is 11.6 Å². The first-order valence-electron chi connectivity index (χ1n) is 7.18. The fourth-order valence-corrected chi connectivity index (χ4v) is 3.63. The zero-order valence-electron chi connectivity index (χ0n) is 12.0. The summed E-state index contributed by atoms with van der Waals surface area (Å²) in [6, 6.07) is 2.75. The Hall–Kier alpha value is -1.13. The molecule has 1 aromatic rings. The first kappa shape index (κ1) is 16.2. The lowest BCUT2D eigenvalue weighted by Crippen LogP contribution is -2.24. The van der Waals surface area contributed by atoms with Crippen molar-refractivity contribution in [1.29, 1.82) is 0 Å². The Morgan fingerprint density at radius 3 is 2.62 bits per heavy atom. The molecule has 116 valence electrons. The van der Waals surface area contributed by atoms with Crippen molar-refractivity contribution in [2.24, 2.45) is 5.41 Å². The quantitative estimate of drug-likeness (QED) is 0.854. The van der Waals surface area contributed by atoms with Gasteiger partial charge in [-0.15, -0.1) is 0 Å². The Morgan fingerprint density at radius 2 is 2.05 bits per heavy atom. The smallest absolute Gasteiger partial charge is 0.303 e. The molecule has 0 spiro atoms. The van der Waals surface area contributed by atoms with Crippen molar-refractivity contribution >= 4 is 17.6 Å². The fraction of sp³-hybridized carbons (Fsp3) is 0.562. The first-order valence-corrected chi connectivity index (χ1v) is 7.56. The van der Waals surface area contributed by atoms with Gasteiger partial charge in [-0.2, -0.15) is 0 Å². The van der Waals surface area contributed by atoms with Gasteiger partial charge in [0.25, 0.3) is 0 Å². The van der Waals surface area contributed by atoms with Crippen molar-refractivity contribution in [1.82, 2.24) is 0 Å². The molecule has 0 amide bonds. The van der Waals surface area contributed by atoms with Crippen LogP contribution in [-0.4, -0.2) is 16.2 Å². The standard InChI is InChI=1S/C16H20ClFO3/c1-10-6-11(12(17)7-13(10)18)14(19)8-16(9-15(20)21)4-2-3-5-16/h6-7,14,19H,2-5,8-9H2,1H3,(H,20,21). The molecule has 0 bridgehead atoms. The van der Waals surface area contributed by atoms with E-state index in [0.29, 0.717) is 17.5 Å². The number of carboxylic acid groups (broad SMARTS) is 1. The topological polar surface area (TPSA) is 57.5 Å². The van der Waals surface area contributed by atoms with E-state index in [1.165, 1.54) is 6.07 Å². The van der Waals surface area contributed by atoms with E-state index in [4.69, 9.17) is 16.7 Å². The summed E-state index contributed by atoms with van der Waals surface area (Å²) in [7, 11) is 0. The number of hydrogen-bond acceptors (Lipinski definition) is 2. The van der Waals surface area contributed by atoms with Crippen LogP contribution in [0.25, 0.3) is 0 Å². The lowest BCUT2D eigenvalue weighted by atomic mass is 9.76. The van der Waals surface area contributed by atoms with Crippen molar-refractivity contribution in [3.05, 3.63) is 34.1 Å². The zero-order valence-corrected chi connectivity index (χ0v) is 12.8. The summed E-state index contributed by atoms with van der Waals surface area (Å²) in [6.07, 6.45) is 3.11. The van der Waals surface area contributed by atoms with Gasteiger partial charge in [-0.25, -0.2) is 4.39 Å². The third kappa shape index (κ3) is 3.74. The highest BCUT2D eigenvalue weighted by Crippen LogP contribution is 2.47. The maximum absolute atomic E-state index is 13.4. The van der Waals surface area contributed by atoms with E-state index in [1.807, 2.05) is 0 Å². The third-order valence-corrected chi connectivity index (χ3v) is 4.78.